The van der Waals surface area contributed by atoms with Gasteiger partial charge in [-0.3, -0.25) is 14.7 Å². The summed E-state index contributed by atoms with van der Waals surface area (Å²) < 4.78 is 0. The monoisotopic (exact) mass is 511 g/mol. The standard InChI is InChI=1S/C22H33N5O.HI/c1-2-23-21(27-11-5-9-22(17-27)14-20(28)25-16-22)24-10-13-26-12-8-18-6-3-4-7-19(18)15-26;/h3-4,6-7H,2,5,8-17H2,1H3,(H,23,24)(H,25,28);1H. The smallest absolute Gasteiger partial charge is 0.220 e. The van der Waals surface area contributed by atoms with Crippen LogP contribution >= 0.6 is 24.0 Å². The minimum absolute atomic E-state index is 0. The molecular weight excluding hydrogens is 477 g/mol. The van der Waals surface area contributed by atoms with Crippen LogP contribution in [0.4, 0.5) is 0 Å². The second-order valence-corrected chi connectivity index (χ2v) is 8.51. The van der Waals surface area contributed by atoms with Gasteiger partial charge in [0.05, 0.1) is 6.54 Å². The van der Waals surface area contributed by atoms with Gasteiger partial charge in [0.1, 0.15) is 0 Å². The van der Waals surface area contributed by atoms with Gasteiger partial charge in [-0.15, -0.1) is 24.0 Å². The van der Waals surface area contributed by atoms with E-state index in [1.54, 1.807) is 0 Å². The van der Waals surface area contributed by atoms with E-state index in [1.807, 2.05) is 0 Å². The van der Waals surface area contributed by atoms with Crippen molar-refractivity contribution in [2.24, 2.45) is 10.4 Å². The average molecular weight is 511 g/mol. The van der Waals surface area contributed by atoms with Crippen LogP contribution in [-0.2, 0) is 17.8 Å². The molecule has 1 atom stereocenters. The first-order chi connectivity index (χ1) is 13.7. The number of carbonyl (C=O) groups excluding carboxylic acids is 1. The fraction of sp³-hybridized carbons (Fsp3) is 0.636. The van der Waals surface area contributed by atoms with Crippen molar-refractivity contribution in [3.8, 4) is 0 Å². The van der Waals surface area contributed by atoms with Gasteiger partial charge >= 0.3 is 0 Å². The number of nitrogens with one attached hydrogen (secondary N) is 2. The summed E-state index contributed by atoms with van der Waals surface area (Å²) in [4.78, 5) is 21.6. The average Bonchev–Trinajstić information content (AvgIpc) is 3.06. The molecule has 0 aromatic heterocycles. The summed E-state index contributed by atoms with van der Waals surface area (Å²) in [6.45, 7) is 9.70. The van der Waals surface area contributed by atoms with Crippen LogP contribution in [0.25, 0.3) is 0 Å². The van der Waals surface area contributed by atoms with Crippen LogP contribution in [0.2, 0.25) is 0 Å². The first-order valence-electron chi connectivity index (χ1n) is 10.8. The minimum atomic E-state index is 0. The van der Waals surface area contributed by atoms with Crippen molar-refractivity contribution < 1.29 is 4.79 Å². The zero-order valence-electron chi connectivity index (χ0n) is 17.5. The van der Waals surface area contributed by atoms with E-state index >= 15 is 0 Å². The van der Waals surface area contributed by atoms with Gasteiger partial charge in [0.2, 0.25) is 5.91 Å². The molecule has 2 N–H and O–H groups in total. The number of nitrogens with zero attached hydrogens (tertiary/aromatic N) is 3. The van der Waals surface area contributed by atoms with E-state index in [0.717, 1.165) is 77.6 Å². The van der Waals surface area contributed by atoms with Crippen molar-refractivity contribution in [1.29, 1.82) is 0 Å². The Morgan fingerprint density at radius 2 is 2.10 bits per heavy atom. The Bertz CT molecular complexity index is 740. The number of guanidine groups is 1. The maximum atomic E-state index is 11.8. The summed E-state index contributed by atoms with van der Waals surface area (Å²) in [5.41, 5.74) is 3.05. The lowest BCUT2D eigenvalue weighted by Gasteiger charge is -2.41. The number of likely N-dealkylation sites (tertiary alicyclic amines) is 1. The molecule has 1 spiro atoms. The summed E-state index contributed by atoms with van der Waals surface area (Å²) in [7, 11) is 0. The van der Waals surface area contributed by atoms with Gasteiger partial charge in [-0.25, -0.2) is 0 Å². The Hall–Kier alpha value is -1.35. The lowest BCUT2D eigenvalue weighted by Crippen LogP contribution is -2.51. The van der Waals surface area contributed by atoms with Gasteiger partial charge in [-0.1, -0.05) is 24.3 Å². The molecule has 29 heavy (non-hydrogen) atoms. The Balaban J connectivity index is 0.00000240. The van der Waals surface area contributed by atoms with E-state index in [9.17, 15) is 4.79 Å². The molecule has 0 aliphatic carbocycles. The highest BCUT2D eigenvalue weighted by Gasteiger charge is 2.42. The Morgan fingerprint density at radius 3 is 2.86 bits per heavy atom. The molecule has 3 aliphatic rings. The molecule has 1 aromatic rings. The second-order valence-electron chi connectivity index (χ2n) is 8.51. The molecule has 2 saturated heterocycles. The molecule has 1 aromatic carbocycles. The number of fused-ring (bicyclic) bond motifs is 1. The highest BCUT2D eigenvalue weighted by atomic mass is 127. The van der Waals surface area contributed by atoms with Crippen molar-refractivity contribution in [2.45, 2.75) is 39.2 Å². The van der Waals surface area contributed by atoms with Gasteiger partial charge in [0, 0.05) is 57.6 Å². The molecule has 160 valence electrons. The fourth-order valence-corrected chi connectivity index (χ4v) is 4.90. The number of benzene rings is 1. The van der Waals surface area contributed by atoms with Gasteiger partial charge < -0.3 is 15.5 Å². The highest BCUT2D eigenvalue weighted by Crippen LogP contribution is 2.36. The summed E-state index contributed by atoms with van der Waals surface area (Å²) in [6, 6.07) is 8.78. The molecule has 1 amide bonds. The normalized spacial score (nSPS) is 24.8. The predicted octanol–water partition coefficient (Wildman–Crippen LogP) is 2.23. The van der Waals surface area contributed by atoms with Crippen LogP contribution in [0, 0.1) is 5.41 Å². The summed E-state index contributed by atoms with van der Waals surface area (Å²) in [6.07, 6.45) is 4.06. The molecule has 6 nitrogen and oxygen atoms in total. The molecule has 3 aliphatic heterocycles. The van der Waals surface area contributed by atoms with Crippen LogP contribution in [0.1, 0.15) is 37.3 Å². The molecular formula is C22H34IN5O. The minimum Gasteiger partial charge on any atom is -0.357 e. The zero-order valence-corrected chi connectivity index (χ0v) is 19.8. The second kappa shape index (κ2) is 10.1. The topological polar surface area (TPSA) is 60.0 Å². The van der Waals surface area contributed by atoms with Gasteiger partial charge in [0.25, 0.3) is 0 Å². The number of piperidine rings is 1. The number of halogens is 1. The van der Waals surface area contributed by atoms with Crippen molar-refractivity contribution in [3.63, 3.8) is 0 Å². The van der Waals surface area contributed by atoms with E-state index in [0.29, 0.717) is 6.42 Å². The lowest BCUT2D eigenvalue weighted by molar-refractivity contribution is -0.119. The van der Waals surface area contributed by atoms with Crippen molar-refractivity contribution >= 4 is 35.8 Å². The molecule has 4 rings (SSSR count). The molecule has 2 fully saturated rings. The van der Waals surface area contributed by atoms with Crippen LogP contribution in [0.15, 0.2) is 29.3 Å². The van der Waals surface area contributed by atoms with E-state index in [4.69, 9.17) is 4.99 Å². The van der Waals surface area contributed by atoms with Gasteiger partial charge in [-0.2, -0.15) is 0 Å². The van der Waals surface area contributed by atoms with E-state index in [1.165, 1.54) is 11.1 Å². The van der Waals surface area contributed by atoms with Crippen LogP contribution < -0.4 is 10.6 Å². The number of aliphatic imine (C=N–C) groups is 1. The van der Waals surface area contributed by atoms with Crippen LogP contribution in [0.5, 0.6) is 0 Å². The Labute approximate surface area is 191 Å². The molecule has 7 heteroatoms. The number of hydrogen-bond donors (Lipinski definition) is 2. The zero-order chi connectivity index (χ0) is 19.4. The van der Waals surface area contributed by atoms with Gasteiger partial charge in [-0.05, 0) is 37.3 Å². The van der Waals surface area contributed by atoms with E-state index in [2.05, 4.69) is 51.6 Å². The Morgan fingerprint density at radius 1 is 1.28 bits per heavy atom. The van der Waals surface area contributed by atoms with E-state index in [-0.39, 0.29) is 35.3 Å². The molecule has 1 unspecified atom stereocenters. The van der Waals surface area contributed by atoms with Crippen LogP contribution in [-0.4, -0.2) is 67.5 Å². The SMILES string of the molecule is CCNC(=NCCN1CCc2ccccc2C1)N1CCCC2(CNC(=O)C2)C1.I. The third kappa shape index (κ3) is 5.42. The maximum Gasteiger partial charge on any atom is 0.220 e. The van der Waals surface area contributed by atoms with Crippen molar-refractivity contribution in [2.75, 3.05) is 45.8 Å². The highest BCUT2D eigenvalue weighted by molar-refractivity contribution is 14.0. The molecule has 0 bridgehead atoms. The maximum absolute atomic E-state index is 11.8. The number of hydrogen-bond acceptors (Lipinski definition) is 3. The van der Waals surface area contributed by atoms with Crippen LogP contribution in [0.3, 0.4) is 0 Å². The fourth-order valence-electron chi connectivity index (χ4n) is 4.90. The van der Waals surface area contributed by atoms with Gasteiger partial charge in [0.15, 0.2) is 5.96 Å². The third-order valence-electron chi connectivity index (χ3n) is 6.38. The number of rotatable bonds is 4. The van der Waals surface area contributed by atoms with Crippen molar-refractivity contribution in [3.05, 3.63) is 35.4 Å². The first-order valence-corrected chi connectivity index (χ1v) is 10.8. The number of carbonyl (C=O) groups is 1. The Kier molecular flexibility index (Phi) is 7.79. The quantitative estimate of drug-likeness (QED) is 0.370. The van der Waals surface area contributed by atoms with Crippen molar-refractivity contribution in [1.82, 2.24) is 20.4 Å². The largest absolute Gasteiger partial charge is 0.357 e. The molecule has 0 saturated carbocycles. The number of amides is 1. The lowest BCUT2D eigenvalue weighted by atomic mass is 9.79. The molecule has 0 radical (unpaired) electrons. The van der Waals surface area contributed by atoms with E-state index < -0.39 is 0 Å². The molecule has 3 heterocycles. The third-order valence-corrected chi connectivity index (χ3v) is 6.38. The first kappa shape index (κ1) is 22.3. The predicted molar refractivity (Wildman–Crippen MR) is 128 cm³/mol. The summed E-state index contributed by atoms with van der Waals surface area (Å²) in [5, 5.41) is 6.51. The summed E-state index contributed by atoms with van der Waals surface area (Å²) >= 11 is 0. The summed E-state index contributed by atoms with van der Waals surface area (Å²) in [5.74, 6) is 1.22.